The molecule has 0 bridgehead atoms. The Kier molecular flexibility index (Phi) is 3.84. The fourth-order valence-electron chi connectivity index (χ4n) is 1.47. The predicted molar refractivity (Wildman–Crippen MR) is 69.9 cm³/mol. The molecule has 0 atom stereocenters. The summed E-state index contributed by atoms with van der Waals surface area (Å²) in [5.41, 5.74) is 9.24. The van der Waals surface area contributed by atoms with Crippen LogP contribution in [0.4, 0.5) is 5.69 Å². The summed E-state index contributed by atoms with van der Waals surface area (Å²) in [5.74, 6) is 0.910. The van der Waals surface area contributed by atoms with Crippen LogP contribution >= 0.6 is 0 Å². The topological polar surface area (TPSA) is 35.2 Å². The molecule has 0 aliphatic carbocycles. The third-order valence-corrected chi connectivity index (χ3v) is 2.67. The minimum absolute atomic E-state index is 0.310. The van der Waals surface area contributed by atoms with Crippen molar-refractivity contribution in [2.75, 3.05) is 12.3 Å². The van der Waals surface area contributed by atoms with Crippen molar-refractivity contribution in [3.63, 3.8) is 0 Å². The maximum atomic E-state index is 5.87. The number of ether oxygens (including phenoxy) is 1. The molecular formula is C14H23NO. The zero-order valence-corrected chi connectivity index (χ0v) is 11.1. The molecule has 1 aromatic rings. The summed E-state index contributed by atoms with van der Waals surface area (Å²) >= 11 is 0. The van der Waals surface area contributed by atoms with Gasteiger partial charge in [0.15, 0.2) is 0 Å². The second-order valence-corrected chi connectivity index (χ2v) is 5.63. The minimum Gasteiger partial charge on any atom is -0.493 e. The summed E-state index contributed by atoms with van der Waals surface area (Å²) < 4.78 is 5.77. The second kappa shape index (κ2) is 4.77. The van der Waals surface area contributed by atoms with E-state index in [1.165, 1.54) is 0 Å². The van der Waals surface area contributed by atoms with Crippen molar-refractivity contribution in [2.45, 2.75) is 41.0 Å². The SMILES string of the molecule is Cc1cc(C)c(OCCC(C)(C)C)cc1N. The molecule has 0 aromatic heterocycles. The molecule has 0 spiro atoms. The lowest BCUT2D eigenvalue weighted by molar-refractivity contribution is 0.242. The van der Waals surface area contributed by atoms with E-state index in [2.05, 4.69) is 33.8 Å². The van der Waals surface area contributed by atoms with E-state index in [4.69, 9.17) is 10.5 Å². The van der Waals surface area contributed by atoms with Crippen LogP contribution in [0.3, 0.4) is 0 Å². The van der Waals surface area contributed by atoms with Crippen molar-refractivity contribution >= 4 is 5.69 Å². The Morgan fingerprint density at radius 2 is 1.75 bits per heavy atom. The number of nitrogen functional groups attached to an aromatic ring is 1. The molecule has 16 heavy (non-hydrogen) atoms. The van der Waals surface area contributed by atoms with E-state index in [1.54, 1.807) is 0 Å². The quantitative estimate of drug-likeness (QED) is 0.790. The van der Waals surface area contributed by atoms with Gasteiger partial charge in [0, 0.05) is 11.8 Å². The van der Waals surface area contributed by atoms with Gasteiger partial charge in [-0.2, -0.15) is 0 Å². The zero-order chi connectivity index (χ0) is 12.3. The molecule has 0 fully saturated rings. The second-order valence-electron chi connectivity index (χ2n) is 5.63. The molecule has 0 aliphatic heterocycles. The maximum Gasteiger partial charge on any atom is 0.124 e. The summed E-state index contributed by atoms with van der Waals surface area (Å²) in [5, 5.41) is 0. The molecule has 0 unspecified atom stereocenters. The molecule has 2 N–H and O–H groups in total. The van der Waals surface area contributed by atoms with Gasteiger partial charge in [0.05, 0.1) is 6.61 Å². The van der Waals surface area contributed by atoms with Gasteiger partial charge in [-0.3, -0.25) is 0 Å². The average Bonchev–Trinajstić information content (AvgIpc) is 2.11. The van der Waals surface area contributed by atoms with Crippen LogP contribution in [-0.2, 0) is 0 Å². The van der Waals surface area contributed by atoms with E-state index in [0.29, 0.717) is 5.41 Å². The first-order chi connectivity index (χ1) is 7.29. The van der Waals surface area contributed by atoms with Crippen molar-refractivity contribution < 1.29 is 4.74 Å². The van der Waals surface area contributed by atoms with Crippen LogP contribution in [0.2, 0.25) is 0 Å². The molecule has 2 heteroatoms. The van der Waals surface area contributed by atoms with Crippen molar-refractivity contribution in [1.29, 1.82) is 0 Å². The predicted octanol–water partition coefficient (Wildman–Crippen LogP) is 3.70. The van der Waals surface area contributed by atoms with Crippen LogP contribution < -0.4 is 10.5 Å². The zero-order valence-electron chi connectivity index (χ0n) is 11.1. The van der Waals surface area contributed by atoms with Crippen LogP contribution in [0.1, 0.15) is 38.3 Å². The lowest BCUT2D eigenvalue weighted by atomic mass is 9.93. The van der Waals surface area contributed by atoms with Gasteiger partial charge < -0.3 is 10.5 Å². The van der Waals surface area contributed by atoms with Crippen LogP contribution in [0.5, 0.6) is 5.75 Å². The maximum absolute atomic E-state index is 5.87. The third-order valence-electron chi connectivity index (χ3n) is 2.67. The molecule has 0 radical (unpaired) electrons. The third kappa shape index (κ3) is 3.76. The van der Waals surface area contributed by atoms with Crippen molar-refractivity contribution in [2.24, 2.45) is 5.41 Å². The molecule has 1 rings (SSSR count). The smallest absolute Gasteiger partial charge is 0.124 e. The van der Waals surface area contributed by atoms with Crippen LogP contribution in [0.15, 0.2) is 12.1 Å². The number of rotatable bonds is 3. The number of nitrogens with two attached hydrogens (primary N) is 1. The fraction of sp³-hybridized carbons (Fsp3) is 0.571. The summed E-state index contributed by atoms with van der Waals surface area (Å²) in [4.78, 5) is 0. The van der Waals surface area contributed by atoms with Gasteiger partial charge in [-0.15, -0.1) is 0 Å². The Bertz CT molecular complexity index is 364. The highest BCUT2D eigenvalue weighted by molar-refractivity contribution is 5.54. The minimum atomic E-state index is 0.310. The van der Waals surface area contributed by atoms with Crippen LogP contribution in [0.25, 0.3) is 0 Å². The highest BCUT2D eigenvalue weighted by atomic mass is 16.5. The Morgan fingerprint density at radius 1 is 1.12 bits per heavy atom. The number of anilines is 1. The molecule has 0 aliphatic rings. The molecule has 0 amide bonds. The molecule has 90 valence electrons. The fourth-order valence-corrected chi connectivity index (χ4v) is 1.47. The van der Waals surface area contributed by atoms with Gasteiger partial charge >= 0.3 is 0 Å². The number of aryl methyl sites for hydroxylation is 2. The molecule has 0 saturated carbocycles. The van der Waals surface area contributed by atoms with E-state index in [9.17, 15) is 0 Å². The lowest BCUT2D eigenvalue weighted by Gasteiger charge is -2.19. The van der Waals surface area contributed by atoms with Crippen LogP contribution in [0, 0.1) is 19.3 Å². The number of hydrogen-bond donors (Lipinski definition) is 1. The van der Waals surface area contributed by atoms with Crippen molar-refractivity contribution in [3.05, 3.63) is 23.3 Å². The van der Waals surface area contributed by atoms with Gasteiger partial charge in [0.2, 0.25) is 0 Å². The highest BCUT2D eigenvalue weighted by Gasteiger charge is 2.10. The van der Waals surface area contributed by atoms with Gasteiger partial charge in [-0.1, -0.05) is 26.8 Å². The Morgan fingerprint density at radius 3 is 2.31 bits per heavy atom. The van der Waals surface area contributed by atoms with Gasteiger partial charge in [0.1, 0.15) is 5.75 Å². The number of hydrogen-bond acceptors (Lipinski definition) is 2. The lowest BCUT2D eigenvalue weighted by Crippen LogP contribution is -2.11. The van der Waals surface area contributed by atoms with E-state index in [-0.39, 0.29) is 0 Å². The summed E-state index contributed by atoms with van der Waals surface area (Å²) in [6.07, 6.45) is 1.04. The van der Waals surface area contributed by atoms with Gasteiger partial charge in [-0.05, 0) is 36.8 Å². The van der Waals surface area contributed by atoms with E-state index >= 15 is 0 Å². The van der Waals surface area contributed by atoms with E-state index in [1.807, 2.05) is 13.0 Å². The van der Waals surface area contributed by atoms with E-state index < -0.39 is 0 Å². The van der Waals surface area contributed by atoms with Crippen molar-refractivity contribution in [3.8, 4) is 5.75 Å². The molecule has 0 saturated heterocycles. The largest absolute Gasteiger partial charge is 0.493 e. The average molecular weight is 221 g/mol. The first-order valence-corrected chi connectivity index (χ1v) is 5.79. The van der Waals surface area contributed by atoms with Gasteiger partial charge in [-0.25, -0.2) is 0 Å². The molecule has 2 nitrogen and oxygen atoms in total. The number of benzene rings is 1. The van der Waals surface area contributed by atoms with Gasteiger partial charge in [0.25, 0.3) is 0 Å². The Hall–Kier alpha value is -1.18. The standard InChI is InChI=1S/C14H23NO/c1-10-8-11(2)13(9-12(10)15)16-7-6-14(3,4)5/h8-9H,6-7,15H2,1-5H3. The van der Waals surface area contributed by atoms with Crippen LogP contribution in [-0.4, -0.2) is 6.61 Å². The Balaban J connectivity index is 2.64. The monoisotopic (exact) mass is 221 g/mol. The first-order valence-electron chi connectivity index (χ1n) is 5.79. The summed E-state index contributed by atoms with van der Waals surface area (Å²) in [7, 11) is 0. The summed E-state index contributed by atoms with van der Waals surface area (Å²) in [6.45, 7) is 11.5. The molecule has 0 heterocycles. The molecule has 1 aromatic carbocycles. The highest BCUT2D eigenvalue weighted by Crippen LogP contribution is 2.26. The Labute approximate surface area is 98.8 Å². The first kappa shape index (κ1) is 12.9. The normalized spacial score (nSPS) is 11.6. The van der Waals surface area contributed by atoms with E-state index in [0.717, 1.165) is 35.6 Å². The summed E-state index contributed by atoms with van der Waals surface area (Å²) in [6, 6.07) is 4.00. The van der Waals surface area contributed by atoms with Crippen molar-refractivity contribution in [1.82, 2.24) is 0 Å². The molecular weight excluding hydrogens is 198 g/mol.